The van der Waals surface area contributed by atoms with Crippen LogP contribution in [0.4, 0.5) is 5.82 Å². The van der Waals surface area contributed by atoms with Crippen LogP contribution < -0.4 is 4.90 Å². The minimum atomic E-state index is -0.777. The van der Waals surface area contributed by atoms with Gasteiger partial charge in [0.05, 0.1) is 17.0 Å². The standard InChI is InChI=1S/C19H22N6O/c20-11-18(4-1-2-5-18)17(26)25-10-9-24(12-19(25)6-7-19)16-14-3-8-21-15(14)22-13-23-16/h3,8,13H,1-2,4-7,9-10,12H2,(H,21,22,23). The van der Waals surface area contributed by atoms with E-state index >= 15 is 0 Å². The topological polar surface area (TPSA) is 88.9 Å². The number of anilines is 1. The minimum Gasteiger partial charge on any atom is -0.352 e. The molecule has 2 aliphatic carbocycles. The number of hydrogen-bond acceptors (Lipinski definition) is 5. The molecule has 7 nitrogen and oxygen atoms in total. The molecule has 1 aliphatic heterocycles. The molecule has 26 heavy (non-hydrogen) atoms. The number of aromatic nitrogens is 3. The van der Waals surface area contributed by atoms with E-state index in [1.165, 1.54) is 0 Å². The fourth-order valence-electron chi connectivity index (χ4n) is 4.77. The quantitative estimate of drug-likeness (QED) is 0.897. The molecule has 134 valence electrons. The lowest BCUT2D eigenvalue weighted by molar-refractivity contribution is -0.142. The van der Waals surface area contributed by atoms with Crippen LogP contribution in [-0.4, -0.2) is 50.9 Å². The summed E-state index contributed by atoms with van der Waals surface area (Å²) in [5.41, 5.74) is -0.0524. The van der Waals surface area contributed by atoms with Crippen LogP contribution in [0, 0.1) is 16.7 Å². The molecule has 0 bridgehead atoms. The first-order chi connectivity index (χ1) is 12.7. The largest absolute Gasteiger partial charge is 0.352 e. The Hall–Kier alpha value is -2.62. The Morgan fingerprint density at radius 1 is 1.19 bits per heavy atom. The summed E-state index contributed by atoms with van der Waals surface area (Å²) >= 11 is 0. The van der Waals surface area contributed by atoms with E-state index in [9.17, 15) is 10.1 Å². The third-order valence-corrected chi connectivity index (χ3v) is 6.44. The summed E-state index contributed by atoms with van der Waals surface area (Å²) in [6.45, 7) is 2.20. The number of amides is 1. The van der Waals surface area contributed by atoms with E-state index in [1.807, 2.05) is 17.2 Å². The first-order valence-electron chi connectivity index (χ1n) is 9.44. The van der Waals surface area contributed by atoms with Gasteiger partial charge in [-0.3, -0.25) is 4.79 Å². The van der Waals surface area contributed by atoms with E-state index in [-0.39, 0.29) is 11.4 Å². The second-order valence-corrected chi connectivity index (χ2v) is 7.94. The third kappa shape index (κ3) is 2.14. The summed E-state index contributed by atoms with van der Waals surface area (Å²) in [6.07, 6.45) is 8.90. The highest BCUT2D eigenvalue weighted by Gasteiger charge is 2.57. The number of carbonyl (C=O) groups is 1. The van der Waals surface area contributed by atoms with Crippen molar-refractivity contribution < 1.29 is 4.79 Å². The molecule has 1 amide bonds. The number of H-pyrrole nitrogens is 1. The number of nitriles is 1. The molecule has 0 radical (unpaired) electrons. The predicted molar refractivity (Wildman–Crippen MR) is 96.3 cm³/mol. The summed E-state index contributed by atoms with van der Waals surface area (Å²) in [5.74, 6) is 1.01. The van der Waals surface area contributed by atoms with Crippen molar-refractivity contribution in [3.8, 4) is 6.07 Å². The van der Waals surface area contributed by atoms with Gasteiger partial charge in [0.2, 0.25) is 5.91 Å². The normalized spacial score (nSPS) is 23.3. The zero-order valence-corrected chi connectivity index (χ0v) is 14.7. The van der Waals surface area contributed by atoms with E-state index < -0.39 is 5.41 Å². The van der Waals surface area contributed by atoms with Gasteiger partial charge in [0.15, 0.2) is 0 Å². The van der Waals surface area contributed by atoms with Gasteiger partial charge in [-0.1, -0.05) is 12.8 Å². The van der Waals surface area contributed by atoms with Gasteiger partial charge in [0.1, 0.15) is 23.2 Å². The SMILES string of the molecule is N#CC1(C(=O)N2CCN(c3ncnc4[nH]ccc34)CC23CC3)CCCC1. The Morgan fingerprint density at radius 3 is 2.73 bits per heavy atom. The van der Waals surface area contributed by atoms with Crippen molar-refractivity contribution in [3.63, 3.8) is 0 Å². The molecule has 0 aromatic carbocycles. The van der Waals surface area contributed by atoms with E-state index in [0.717, 1.165) is 55.6 Å². The van der Waals surface area contributed by atoms with Gasteiger partial charge in [-0.25, -0.2) is 9.97 Å². The molecule has 3 heterocycles. The first-order valence-corrected chi connectivity index (χ1v) is 9.44. The molecule has 1 saturated heterocycles. The Labute approximate surface area is 152 Å². The number of aromatic amines is 1. The molecule has 1 N–H and O–H groups in total. The highest BCUT2D eigenvalue weighted by atomic mass is 16.2. The summed E-state index contributed by atoms with van der Waals surface area (Å²) in [6, 6.07) is 4.38. The molecule has 3 fully saturated rings. The molecule has 0 atom stereocenters. The van der Waals surface area contributed by atoms with Crippen LogP contribution >= 0.6 is 0 Å². The molecule has 3 aliphatic rings. The van der Waals surface area contributed by atoms with Crippen molar-refractivity contribution in [1.29, 1.82) is 5.26 Å². The smallest absolute Gasteiger partial charge is 0.243 e. The van der Waals surface area contributed by atoms with Crippen LogP contribution in [0.2, 0.25) is 0 Å². The number of nitrogens with zero attached hydrogens (tertiary/aromatic N) is 5. The number of rotatable bonds is 2. The van der Waals surface area contributed by atoms with Gasteiger partial charge in [0.25, 0.3) is 0 Å². The van der Waals surface area contributed by atoms with E-state index in [0.29, 0.717) is 19.4 Å². The summed E-state index contributed by atoms with van der Waals surface area (Å²) in [5, 5.41) is 10.7. The van der Waals surface area contributed by atoms with Gasteiger partial charge < -0.3 is 14.8 Å². The summed E-state index contributed by atoms with van der Waals surface area (Å²) in [4.78, 5) is 29.5. The minimum absolute atomic E-state index is 0.0733. The van der Waals surface area contributed by atoms with Crippen molar-refractivity contribution >= 4 is 22.8 Å². The van der Waals surface area contributed by atoms with Crippen molar-refractivity contribution in [2.24, 2.45) is 5.41 Å². The highest BCUT2D eigenvalue weighted by Crippen LogP contribution is 2.49. The number of fused-ring (bicyclic) bond motifs is 1. The maximum atomic E-state index is 13.3. The fraction of sp³-hybridized carbons (Fsp3) is 0.579. The van der Waals surface area contributed by atoms with E-state index in [1.54, 1.807) is 6.33 Å². The van der Waals surface area contributed by atoms with Gasteiger partial charge in [-0.05, 0) is 31.7 Å². The highest BCUT2D eigenvalue weighted by molar-refractivity contribution is 5.89. The lowest BCUT2D eigenvalue weighted by Crippen LogP contribution is -2.60. The van der Waals surface area contributed by atoms with Crippen LogP contribution in [-0.2, 0) is 4.79 Å². The van der Waals surface area contributed by atoms with Crippen LogP contribution in [0.1, 0.15) is 38.5 Å². The van der Waals surface area contributed by atoms with Crippen LogP contribution in [0.15, 0.2) is 18.6 Å². The monoisotopic (exact) mass is 350 g/mol. The van der Waals surface area contributed by atoms with Gasteiger partial charge in [-0.15, -0.1) is 0 Å². The molecule has 0 unspecified atom stereocenters. The molecule has 1 spiro atoms. The third-order valence-electron chi connectivity index (χ3n) is 6.44. The maximum Gasteiger partial charge on any atom is 0.243 e. The second-order valence-electron chi connectivity index (χ2n) is 7.94. The number of piperazine rings is 1. The molecule has 2 aromatic heterocycles. The average Bonchev–Trinajstić information content (AvgIpc) is 3.11. The lowest BCUT2D eigenvalue weighted by Gasteiger charge is -2.44. The fourth-order valence-corrected chi connectivity index (χ4v) is 4.77. The molecular formula is C19H22N6O. The molecular weight excluding hydrogens is 328 g/mol. The predicted octanol–water partition coefficient (Wildman–Crippen LogP) is 2.22. The van der Waals surface area contributed by atoms with Crippen molar-refractivity contribution in [1.82, 2.24) is 19.9 Å². The van der Waals surface area contributed by atoms with Crippen molar-refractivity contribution in [2.45, 2.75) is 44.1 Å². The Balaban J connectivity index is 1.42. The molecule has 2 aromatic rings. The Morgan fingerprint density at radius 2 is 2.00 bits per heavy atom. The van der Waals surface area contributed by atoms with Crippen molar-refractivity contribution in [2.75, 3.05) is 24.5 Å². The number of carbonyl (C=O) groups excluding carboxylic acids is 1. The van der Waals surface area contributed by atoms with Gasteiger partial charge in [-0.2, -0.15) is 5.26 Å². The molecule has 2 saturated carbocycles. The van der Waals surface area contributed by atoms with Crippen LogP contribution in [0.25, 0.3) is 11.0 Å². The van der Waals surface area contributed by atoms with Crippen LogP contribution in [0.5, 0.6) is 0 Å². The van der Waals surface area contributed by atoms with E-state index in [2.05, 4.69) is 25.9 Å². The Bertz CT molecular complexity index is 902. The molecule has 7 heteroatoms. The average molecular weight is 350 g/mol. The molecule has 5 rings (SSSR count). The maximum absolute atomic E-state index is 13.3. The van der Waals surface area contributed by atoms with E-state index in [4.69, 9.17) is 0 Å². The first kappa shape index (κ1) is 15.6. The number of hydrogen-bond donors (Lipinski definition) is 1. The lowest BCUT2D eigenvalue weighted by atomic mass is 9.85. The van der Waals surface area contributed by atoms with Crippen LogP contribution in [0.3, 0.4) is 0 Å². The summed E-state index contributed by atoms with van der Waals surface area (Å²) in [7, 11) is 0. The second kappa shape index (κ2) is 5.44. The number of nitrogens with one attached hydrogen (secondary N) is 1. The van der Waals surface area contributed by atoms with Gasteiger partial charge in [0, 0.05) is 25.8 Å². The van der Waals surface area contributed by atoms with Gasteiger partial charge >= 0.3 is 0 Å². The summed E-state index contributed by atoms with van der Waals surface area (Å²) < 4.78 is 0. The zero-order valence-electron chi connectivity index (χ0n) is 14.7. The van der Waals surface area contributed by atoms with Crippen molar-refractivity contribution in [3.05, 3.63) is 18.6 Å². The zero-order chi connectivity index (χ0) is 17.8. The Kier molecular flexibility index (Phi) is 3.27.